The lowest BCUT2D eigenvalue weighted by Crippen LogP contribution is -2.65. The predicted molar refractivity (Wildman–Crippen MR) is 78.2 cm³/mol. The van der Waals surface area contributed by atoms with Gasteiger partial charge in [-0.2, -0.15) is 0 Å². The number of rotatable bonds is 6. The van der Waals surface area contributed by atoms with Gasteiger partial charge in [0.05, 0.1) is 13.2 Å². The van der Waals surface area contributed by atoms with Gasteiger partial charge in [-0.05, 0) is 0 Å². The molecule has 2 rings (SSSR count). The van der Waals surface area contributed by atoms with E-state index in [0.717, 1.165) is 0 Å². The predicted octanol–water partition coefficient (Wildman–Crippen LogP) is -4.09. The standard InChI is InChI=1S/C14H26O11/c1-21-11-7(17)5(3-15)24-14(9(11)19)25-12-8(18)6(4-16)23-13(22-2)10(12)20/h5-20H,3-4H2,1-2H3/t5?,6?,7?,8?,9-,10-,11-,12-,13?,14?/m0/s1. The van der Waals surface area contributed by atoms with Crippen molar-refractivity contribution >= 4 is 0 Å². The molecule has 0 aromatic heterocycles. The first kappa shape index (κ1) is 20.9. The van der Waals surface area contributed by atoms with E-state index in [1.54, 1.807) is 0 Å². The molecule has 25 heavy (non-hydrogen) atoms. The van der Waals surface area contributed by atoms with Gasteiger partial charge in [0.1, 0.15) is 48.8 Å². The molecule has 2 aliphatic heterocycles. The lowest BCUT2D eigenvalue weighted by Gasteiger charge is -2.46. The summed E-state index contributed by atoms with van der Waals surface area (Å²) in [5.41, 5.74) is 0. The molecule has 6 N–H and O–H groups in total. The number of hydrogen-bond donors (Lipinski definition) is 6. The highest BCUT2D eigenvalue weighted by molar-refractivity contribution is 4.94. The molecule has 0 aromatic rings. The van der Waals surface area contributed by atoms with Gasteiger partial charge in [-0.15, -0.1) is 0 Å². The molecule has 0 saturated carbocycles. The van der Waals surface area contributed by atoms with E-state index >= 15 is 0 Å². The molecule has 2 fully saturated rings. The van der Waals surface area contributed by atoms with Gasteiger partial charge in [0.2, 0.25) is 0 Å². The van der Waals surface area contributed by atoms with E-state index in [4.69, 9.17) is 23.7 Å². The molecular formula is C14H26O11. The molecule has 0 radical (unpaired) electrons. The van der Waals surface area contributed by atoms with Crippen LogP contribution in [-0.2, 0) is 23.7 Å². The third-order valence-corrected chi connectivity index (χ3v) is 4.44. The van der Waals surface area contributed by atoms with Crippen molar-refractivity contribution in [2.45, 2.75) is 61.4 Å². The third kappa shape index (κ3) is 4.12. The van der Waals surface area contributed by atoms with Crippen molar-refractivity contribution in [3.63, 3.8) is 0 Å². The summed E-state index contributed by atoms with van der Waals surface area (Å²) in [4.78, 5) is 0. The van der Waals surface area contributed by atoms with Crippen molar-refractivity contribution in [3.8, 4) is 0 Å². The Labute approximate surface area is 144 Å². The summed E-state index contributed by atoms with van der Waals surface area (Å²) < 4.78 is 26.0. The number of aliphatic hydroxyl groups excluding tert-OH is 6. The van der Waals surface area contributed by atoms with Gasteiger partial charge in [0, 0.05) is 14.2 Å². The zero-order valence-electron chi connectivity index (χ0n) is 13.9. The lowest BCUT2D eigenvalue weighted by atomic mass is 9.97. The van der Waals surface area contributed by atoms with Crippen molar-refractivity contribution in [2.75, 3.05) is 27.4 Å². The molecule has 0 amide bonds. The Morgan fingerprint density at radius 2 is 1.16 bits per heavy atom. The van der Waals surface area contributed by atoms with Crippen LogP contribution >= 0.6 is 0 Å². The maximum Gasteiger partial charge on any atom is 0.187 e. The molecule has 10 atom stereocenters. The summed E-state index contributed by atoms with van der Waals surface area (Å²) in [6.07, 6.45) is -12.9. The first-order chi connectivity index (χ1) is 11.9. The summed E-state index contributed by atoms with van der Waals surface area (Å²) in [6, 6.07) is 0. The second kappa shape index (κ2) is 8.97. The van der Waals surface area contributed by atoms with Gasteiger partial charge >= 0.3 is 0 Å². The van der Waals surface area contributed by atoms with Crippen LogP contribution < -0.4 is 0 Å². The molecule has 0 aromatic carbocycles. The second-order valence-electron chi connectivity index (χ2n) is 5.95. The summed E-state index contributed by atoms with van der Waals surface area (Å²) in [6.45, 7) is -1.12. The number of aliphatic hydroxyl groups is 6. The highest BCUT2D eigenvalue weighted by atomic mass is 16.7. The average Bonchev–Trinajstić information content (AvgIpc) is 2.61. The van der Waals surface area contributed by atoms with Gasteiger partial charge in [0.15, 0.2) is 12.6 Å². The molecule has 11 heteroatoms. The minimum absolute atomic E-state index is 0.555. The van der Waals surface area contributed by atoms with E-state index in [9.17, 15) is 30.6 Å². The Kier molecular flexibility index (Phi) is 7.49. The van der Waals surface area contributed by atoms with Crippen molar-refractivity contribution in [2.24, 2.45) is 0 Å². The molecule has 0 aliphatic carbocycles. The Hall–Kier alpha value is -0.440. The molecule has 2 saturated heterocycles. The highest BCUT2D eigenvalue weighted by Crippen LogP contribution is 2.29. The van der Waals surface area contributed by atoms with Crippen LogP contribution in [0.1, 0.15) is 0 Å². The molecule has 0 spiro atoms. The van der Waals surface area contributed by atoms with Crippen molar-refractivity contribution < 1.29 is 54.3 Å². The van der Waals surface area contributed by atoms with Gasteiger partial charge < -0.3 is 54.3 Å². The molecule has 2 aliphatic rings. The van der Waals surface area contributed by atoms with Crippen molar-refractivity contribution in [1.29, 1.82) is 0 Å². The maximum atomic E-state index is 10.3. The van der Waals surface area contributed by atoms with Crippen LogP contribution in [0.25, 0.3) is 0 Å². The van der Waals surface area contributed by atoms with Gasteiger partial charge in [-0.25, -0.2) is 0 Å². The van der Waals surface area contributed by atoms with Crippen molar-refractivity contribution in [1.82, 2.24) is 0 Å². The fraction of sp³-hybridized carbons (Fsp3) is 1.00. The average molecular weight is 370 g/mol. The SMILES string of the molecule is COC1OC(CO)C(O)[C@H](OC2OC(CO)C(O)[C@H](OC)[C@@H]2O)[C@@H]1O. The fourth-order valence-electron chi connectivity index (χ4n) is 3.01. The molecule has 11 nitrogen and oxygen atoms in total. The van der Waals surface area contributed by atoms with E-state index in [2.05, 4.69) is 0 Å². The first-order valence-electron chi connectivity index (χ1n) is 7.85. The monoisotopic (exact) mass is 370 g/mol. The first-order valence-corrected chi connectivity index (χ1v) is 7.85. The van der Waals surface area contributed by atoms with Crippen LogP contribution in [0, 0.1) is 0 Å². The van der Waals surface area contributed by atoms with E-state index in [1.807, 2.05) is 0 Å². The van der Waals surface area contributed by atoms with Crippen LogP contribution in [0.2, 0.25) is 0 Å². The number of methoxy groups -OCH3 is 2. The summed E-state index contributed by atoms with van der Waals surface area (Å²) in [5, 5.41) is 59.3. The number of ether oxygens (including phenoxy) is 5. The molecule has 2 heterocycles. The third-order valence-electron chi connectivity index (χ3n) is 4.44. The molecule has 148 valence electrons. The van der Waals surface area contributed by atoms with E-state index < -0.39 is 74.6 Å². The van der Waals surface area contributed by atoms with Crippen molar-refractivity contribution in [3.05, 3.63) is 0 Å². The Morgan fingerprint density at radius 1 is 0.680 bits per heavy atom. The van der Waals surface area contributed by atoms with Gasteiger partial charge in [-0.3, -0.25) is 0 Å². The summed E-state index contributed by atoms with van der Waals surface area (Å²) in [5.74, 6) is 0. The van der Waals surface area contributed by atoms with Gasteiger partial charge in [0.25, 0.3) is 0 Å². The maximum absolute atomic E-state index is 10.3. The van der Waals surface area contributed by atoms with E-state index in [1.165, 1.54) is 14.2 Å². The molecule has 0 bridgehead atoms. The topological polar surface area (TPSA) is 168 Å². The van der Waals surface area contributed by atoms with E-state index in [-0.39, 0.29) is 0 Å². The van der Waals surface area contributed by atoms with E-state index in [0.29, 0.717) is 0 Å². The number of hydrogen-bond acceptors (Lipinski definition) is 11. The Morgan fingerprint density at radius 3 is 1.64 bits per heavy atom. The summed E-state index contributed by atoms with van der Waals surface area (Å²) in [7, 11) is 2.52. The van der Waals surface area contributed by atoms with Crippen LogP contribution in [0.3, 0.4) is 0 Å². The normalized spacial score (nSPS) is 48.5. The minimum atomic E-state index is -1.46. The van der Waals surface area contributed by atoms with Gasteiger partial charge in [-0.1, -0.05) is 0 Å². The zero-order chi connectivity index (χ0) is 18.7. The second-order valence-corrected chi connectivity index (χ2v) is 5.95. The van der Waals surface area contributed by atoms with Crippen LogP contribution in [0.4, 0.5) is 0 Å². The smallest absolute Gasteiger partial charge is 0.187 e. The molecular weight excluding hydrogens is 344 g/mol. The zero-order valence-corrected chi connectivity index (χ0v) is 13.9. The largest absolute Gasteiger partial charge is 0.394 e. The lowest BCUT2D eigenvalue weighted by molar-refractivity contribution is -0.359. The summed E-state index contributed by atoms with van der Waals surface area (Å²) >= 11 is 0. The highest BCUT2D eigenvalue weighted by Gasteiger charge is 2.51. The van der Waals surface area contributed by atoms with Crippen LogP contribution in [0.15, 0.2) is 0 Å². The quantitative estimate of drug-likeness (QED) is 0.269. The Balaban J connectivity index is 2.16. The fourth-order valence-corrected chi connectivity index (χ4v) is 3.01. The Bertz CT molecular complexity index is 394. The van der Waals surface area contributed by atoms with Crippen LogP contribution in [-0.4, -0.2) is 119 Å². The molecule has 6 unspecified atom stereocenters. The van der Waals surface area contributed by atoms with Crippen LogP contribution in [0.5, 0.6) is 0 Å². The minimum Gasteiger partial charge on any atom is -0.394 e.